The van der Waals surface area contributed by atoms with Gasteiger partial charge in [0.05, 0.1) is 19.8 Å². The number of hydrogen-bond donors (Lipinski definition) is 2. The van der Waals surface area contributed by atoms with Gasteiger partial charge >= 0.3 is 0 Å². The predicted molar refractivity (Wildman–Crippen MR) is 53.9 cm³/mol. The number of nitrogens with two attached hydrogens (primary N) is 1. The molecule has 1 rings (SSSR count). The summed E-state index contributed by atoms with van der Waals surface area (Å²) < 4.78 is 14.2. The molecule has 1 heterocycles. The average molecular weight is 218 g/mol. The van der Waals surface area contributed by atoms with E-state index in [4.69, 9.17) is 15.3 Å². The SMILES string of the molecule is CCOCCOCc1nnsc1NN. The fourth-order valence-corrected chi connectivity index (χ4v) is 1.32. The van der Waals surface area contributed by atoms with Crippen LogP contribution in [0.3, 0.4) is 0 Å². The fourth-order valence-electron chi connectivity index (χ4n) is 0.844. The molecule has 80 valence electrons. The van der Waals surface area contributed by atoms with Gasteiger partial charge in [-0.15, -0.1) is 5.10 Å². The number of nitrogen functional groups attached to an aromatic ring is 1. The third kappa shape index (κ3) is 3.54. The minimum atomic E-state index is 0.406. The Bertz CT molecular complexity index is 256. The van der Waals surface area contributed by atoms with Gasteiger partial charge in [0.1, 0.15) is 10.7 Å². The standard InChI is InChI=1S/C7H14N4O2S/c1-2-12-3-4-13-5-6-7(9-8)14-11-10-6/h9H,2-5,8H2,1H3. The smallest absolute Gasteiger partial charge is 0.149 e. The molecule has 0 bridgehead atoms. The highest BCUT2D eigenvalue weighted by Gasteiger charge is 2.05. The van der Waals surface area contributed by atoms with Gasteiger partial charge in [0, 0.05) is 18.1 Å². The Morgan fingerprint density at radius 3 is 2.93 bits per heavy atom. The van der Waals surface area contributed by atoms with Gasteiger partial charge in [-0.05, 0) is 6.92 Å². The molecule has 0 spiro atoms. The van der Waals surface area contributed by atoms with Crippen LogP contribution in [-0.2, 0) is 16.1 Å². The fraction of sp³-hybridized carbons (Fsp3) is 0.714. The van der Waals surface area contributed by atoms with E-state index in [2.05, 4.69) is 15.0 Å². The number of aromatic nitrogens is 2. The maximum Gasteiger partial charge on any atom is 0.149 e. The van der Waals surface area contributed by atoms with E-state index in [-0.39, 0.29) is 0 Å². The number of hydrogen-bond acceptors (Lipinski definition) is 7. The van der Waals surface area contributed by atoms with Crippen molar-refractivity contribution in [2.24, 2.45) is 5.84 Å². The first-order valence-corrected chi connectivity index (χ1v) is 5.09. The van der Waals surface area contributed by atoms with Gasteiger partial charge in [0.2, 0.25) is 0 Å². The van der Waals surface area contributed by atoms with Crippen LogP contribution in [0.25, 0.3) is 0 Å². The predicted octanol–water partition coefficient (Wildman–Crippen LogP) is 0.377. The molecular formula is C7H14N4O2S. The Kier molecular flexibility index (Phi) is 5.38. The van der Waals surface area contributed by atoms with Crippen molar-refractivity contribution in [2.45, 2.75) is 13.5 Å². The minimum Gasteiger partial charge on any atom is -0.379 e. The second kappa shape index (κ2) is 6.66. The molecule has 0 aliphatic heterocycles. The second-order valence-corrected chi connectivity index (χ2v) is 3.20. The summed E-state index contributed by atoms with van der Waals surface area (Å²) in [7, 11) is 0. The maximum atomic E-state index is 5.31. The van der Waals surface area contributed by atoms with Gasteiger partial charge in [0.15, 0.2) is 0 Å². The third-order valence-electron chi connectivity index (χ3n) is 1.50. The molecule has 0 atom stereocenters. The molecule has 0 radical (unpaired) electrons. The number of hydrazine groups is 1. The topological polar surface area (TPSA) is 82.3 Å². The molecule has 0 aliphatic rings. The van der Waals surface area contributed by atoms with E-state index in [9.17, 15) is 0 Å². The Morgan fingerprint density at radius 2 is 2.21 bits per heavy atom. The number of anilines is 1. The van der Waals surface area contributed by atoms with Crippen molar-refractivity contribution in [3.8, 4) is 0 Å². The lowest BCUT2D eigenvalue weighted by molar-refractivity contribution is 0.0443. The maximum absolute atomic E-state index is 5.31. The van der Waals surface area contributed by atoms with Gasteiger partial charge in [-0.1, -0.05) is 4.49 Å². The Balaban J connectivity index is 2.17. The first-order chi connectivity index (χ1) is 6.88. The van der Waals surface area contributed by atoms with Crippen LogP contribution in [0.5, 0.6) is 0 Å². The number of nitrogens with one attached hydrogen (secondary N) is 1. The highest BCUT2D eigenvalue weighted by molar-refractivity contribution is 7.10. The summed E-state index contributed by atoms with van der Waals surface area (Å²) in [5.74, 6) is 5.25. The van der Waals surface area contributed by atoms with E-state index in [1.807, 2.05) is 6.92 Å². The largest absolute Gasteiger partial charge is 0.379 e. The number of rotatable bonds is 7. The summed E-state index contributed by atoms with van der Waals surface area (Å²) in [6, 6.07) is 0. The van der Waals surface area contributed by atoms with E-state index >= 15 is 0 Å². The molecule has 1 aromatic heterocycles. The highest BCUT2D eigenvalue weighted by atomic mass is 32.1. The quantitative estimate of drug-likeness (QED) is 0.391. The van der Waals surface area contributed by atoms with Crippen LogP contribution < -0.4 is 11.3 Å². The lowest BCUT2D eigenvalue weighted by atomic mass is 10.5. The number of nitrogens with zero attached hydrogens (tertiary/aromatic N) is 2. The van der Waals surface area contributed by atoms with Crippen LogP contribution in [0, 0.1) is 0 Å². The number of ether oxygens (including phenoxy) is 2. The van der Waals surface area contributed by atoms with Gasteiger partial charge in [-0.25, -0.2) is 5.84 Å². The van der Waals surface area contributed by atoms with Crippen LogP contribution in [0.4, 0.5) is 5.00 Å². The van der Waals surface area contributed by atoms with E-state index in [0.717, 1.165) is 10.7 Å². The van der Waals surface area contributed by atoms with Crippen molar-refractivity contribution in [1.29, 1.82) is 0 Å². The molecule has 3 N–H and O–H groups in total. The summed E-state index contributed by atoms with van der Waals surface area (Å²) in [6.07, 6.45) is 0. The Morgan fingerprint density at radius 1 is 1.43 bits per heavy atom. The van der Waals surface area contributed by atoms with E-state index in [1.165, 1.54) is 11.5 Å². The zero-order chi connectivity index (χ0) is 10.2. The first-order valence-electron chi connectivity index (χ1n) is 4.31. The lowest BCUT2D eigenvalue weighted by Crippen LogP contribution is -2.09. The molecule has 0 saturated heterocycles. The summed E-state index contributed by atoms with van der Waals surface area (Å²) in [5, 5.41) is 4.60. The molecule has 1 aromatic rings. The summed E-state index contributed by atoms with van der Waals surface area (Å²) in [5.41, 5.74) is 3.24. The molecule has 0 aliphatic carbocycles. The lowest BCUT2D eigenvalue weighted by Gasteiger charge is -2.03. The summed E-state index contributed by atoms with van der Waals surface area (Å²) >= 11 is 1.21. The van der Waals surface area contributed by atoms with E-state index in [0.29, 0.717) is 26.4 Å². The van der Waals surface area contributed by atoms with Crippen LogP contribution in [0.1, 0.15) is 12.6 Å². The molecule has 0 unspecified atom stereocenters. The summed E-state index contributed by atoms with van der Waals surface area (Å²) in [6.45, 7) is 4.20. The monoisotopic (exact) mass is 218 g/mol. The van der Waals surface area contributed by atoms with Crippen molar-refractivity contribution in [1.82, 2.24) is 9.59 Å². The molecule has 0 saturated carbocycles. The van der Waals surface area contributed by atoms with Crippen LogP contribution in [-0.4, -0.2) is 29.4 Å². The van der Waals surface area contributed by atoms with Crippen LogP contribution in [0.2, 0.25) is 0 Å². The van der Waals surface area contributed by atoms with Gasteiger partial charge < -0.3 is 14.9 Å². The van der Waals surface area contributed by atoms with E-state index < -0.39 is 0 Å². The van der Waals surface area contributed by atoms with Crippen molar-refractivity contribution in [3.05, 3.63) is 5.69 Å². The highest BCUT2D eigenvalue weighted by Crippen LogP contribution is 2.16. The van der Waals surface area contributed by atoms with Crippen molar-refractivity contribution in [2.75, 3.05) is 25.2 Å². The summed E-state index contributed by atoms with van der Waals surface area (Å²) in [4.78, 5) is 0. The van der Waals surface area contributed by atoms with Crippen LogP contribution in [0.15, 0.2) is 0 Å². The van der Waals surface area contributed by atoms with Crippen LogP contribution >= 0.6 is 11.5 Å². The van der Waals surface area contributed by atoms with Crippen molar-refractivity contribution < 1.29 is 9.47 Å². The zero-order valence-corrected chi connectivity index (χ0v) is 8.84. The zero-order valence-electron chi connectivity index (χ0n) is 8.02. The first kappa shape index (κ1) is 11.3. The second-order valence-electron chi connectivity index (χ2n) is 2.44. The molecule has 0 fully saturated rings. The molecular weight excluding hydrogens is 204 g/mol. The minimum absolute atomic E-state index is 0.406. The van der Waals surface area contributed by atoms with Gasteiger partial charge in [0.25, 0.3) is 0 Å². The molecule has 6 nitrogen and oxygen atoms in total. The molecule has 0 aromatic carbocycles. The van der Waals surface area contributed by atoms with Crippen molar-refractivity contribution in [3.63, 3.8) is 0 Å². The molecule has 14 heavy (non-hydrogen) atoms. The average Bonchev–Trinajstić information content (AvgIpc) is 2.65. The van der Waals surface area contributed by atoms with Gasteiger partial charge in [-0.2, -0.15) is 0 Å². The normalized spacial score (nSPS) is 10.4. The third-order valence-corrected chi connectivity index (χ3v) is 2.20. The molecule has 7 heteroatoms. The van der Waals surface area contributed by atoms with Crippen molar-refractivity contribution >= 4 is 16.5 Å². The molecule has 0 amide bonds. The van der Waals surface area contributed by atoms with Gasteiger partial charge in [-0.3, -0.25) is 0 Å². The van der Waals surface area contributed by atoms with E-state index in [1.54, 1.807) is 0 Å². The Labute approximate surface area is 86.5 Å². The Hall–Kier alpha value is -0.760.